The zero-order valence-corrected chi connectivity index (χ0v) is 15.0. The molecule has 2 aromatic carbocycles. The summed E-state index contributed by atoms with van der Waals surface area (Å²) in [6.07, 6.45) is 9.50. The summed E-state index contributed by atoms with van der Waals surface area (Å²) in [6.45, 7) is 6.97. The van der Waals surface area contributed by atoms with Crippen molar-refractivity contribution in [2.24, 2.45) is 0 Å². The second-order valence-corrected chi connectivity index (χ2v) is 7.44. The molecule has 1 unspecified atom stereocenters. The van der Waals surface area contributed by atoms with E-state index in [1.165, 1.54) is 67.2 Å². The van der Waals surface area contributed by atoms with E-state index in [9.17, 15) is 0 Å². The highest BCUT2D eigenvalue weighted by Gasteiger charge is 2.38. The first-order valence-electron chi connectivity index (χ1n) is 9.38. The van der Waals surface area contributed by atoms with Gasteiger partial charge in [-0.25, -0.2) is 0 Å². The summed E-state index contributed by atoms with van der Waals surface area (Å²) in [6, 6.07) is 16.0. The quantitative estimate of drug-likeness (QED) is 0.481. The van der Waals surface area contributed by atoms with Crippen LogP contribution in [0.1, 0.15) is 75.5 Å². The van der Waals surface area contributed by atoms with Crippen LogP contribution in [0.2, 0.25) is 0 Å². The number of fused-ring (bicyclic) bond motifs is 3. The Kier molecular flexibility index (Phi) is 4.90. The van der Waals surface area contributed by atoms with Crippen LogP contribution in [0.15, 0.2) is 42.5 Å². The number of unbranched alkanes of at least 4 members (excludes halogenated alkanes) is 5. The van der Waals surface area contributed by atoms with Gasteiger partial charge in [-0.15, -0.1) is 0 Å². The maximum absolute atomic E-state index is 2.46. The van der Waals surface area contributed by atoms with Crippen molar-refractivity contribution >= 4 is 0 Å². The fourth-order valence-corrected chi connectivity index (χ4v) is 4.22. The van der Waals surface area contributed by atoms with Gasteiger partial charge in [0.1, 0.15) is 0 Å². The molecule has 0 heterocycles. The van der Waals surface area contributed by atoms with Crippen LogP contribution in [-0.4, -0.2) is 0 Å². The summed E-state index contributed by atoms with van der Waals surface area (Å²) in [5.41, 5.74) is 7.57. The van der Waals surface area contributed by atoms with Gasteiger partial charge < -0.3 is 0 Å². The zero-order valence-electron chi connectivity index (χ0n) is 15.0. The van der Waals surface area contributed by atoms with E-state index in [-0.39, 0.29) is 5.41 Å². The highest BCUT2D eigenvalue weighted by atomic mass is 14.4. The van der Waals surface area contributed by atoms with Crippen molar-refractivity contribution in [1.29, 1.82) is 0 Å². The SMILES string of the molecule is CCCCCCCCC1(C)c2ccccc2-c2ccc(C)cc21. The number of aryl methyl sites for hydroxylation is 1. The van der Waals surface area contributed by atoms with E-state index < -0.39 is 0 Å². The minimum absolute atomic E-state index is 0.197. The van der Waals surface area contributed by atoms with Crippen LogP contribution in [-0.2, 0) is 5.41 Å². The van der Waals surface area contributed by atoms with Crippen LogP contribution < -0.4 is 0 Å². The van der Waals surface area contributed by atoms with E-state index in [4.69, 9.17) is 0 Å². The van der Waals surface area contributed by atoms with Crippen molar-refractivity contribution in [1.82, 2.24) is 0 Å². The molecule has 0 spiro atoms. The highest BCUT2D eigenvalue weighted by Crippen LogP contribution is 2.51. The van der Waals surface area contributed by atoms with Crippen LogP contribution in [0.5, 0.6) is 0 Å². The van der Waals surface area contributed by atoms with Crippen LogP contribution in [0.4, 0.5) is 0 Å². The number of hydrogen-bond acceptors (Lipinski definition) is 0. The van der Waals surface area contributed by atoms with Gasteiger partial charge in [0.25, 0.3) is 0 Å². The van der Waals surface area contributed by atoms with Crippen molar-refractivity contribution < 1.29 is 0 Å². The Morgan fingerprint density at radius 2 is 1.48 bits per heavy atom. The monoisotopic (exact) mass is 306 g/mol. The predicted molar refractivity (Wildman–Crippen MR) is 101 cm³/mol. The molecule has 2 aromatic rings. The largest absolute Gasteiger partial charge is 0.0654 e. The van der Waals surface area contributed by atoms with Gasteiger partial charge in [-0.2, -0.15) is 0 Å². The molecule has 122 valence electrons. The number of benzene rings is 2. The van der Waals surface area contributed by atoms with E-state index in [0.717, 1.165) is 0 Å². The van der Waals surface area contributed by atoms with Crippen LogP contribution >= 0.6 is 0 Å². The van der Waals surface area contributed by atoms with Crippen molar-refractivity contribution in [3.63, 3.8) is 0 Å². The third kappa shape index (κ3) is 3.09. The van der Waals surface area contributed by atoms with Gasteiger partial charge in [0, 0.05) is 5.41 Å². The Bertz CT molecular complexity index is 667. The van der Waals surface area contributed by atoms with E-state index in [0.29, 0.717) is 0 Å². The molecule has 0 fully saturated rings. The first-order chi connectivity index (χ1) is 11.2. The first kappa shape index (κ1) is 16.3. The van der Waals surface area contributed by atoms with Gasteiger partial charge in [-0.05, 0) is 35.6 Å². The van der Waals surface area contributed by atoms with Crippen molar-refractivity contribution in [3.05, 3.63) is 59.2 Å². The molecular formula is C23H30. The van der Waals surface area contributed by atoms with E-state index in [1.54, 1.807) is 5.56 Å². The molecule has 1 aliphatic carbocycles. The molecule has 1 atom stereocenters. The van der Waals surface area contributed by atoms with Crippen molar-refractivity contribution in [3.8, 4) is 11.1 Å². The van der Waals surface area contributed by atoms with Crippen molar-refractivity contribution in [2.75, 3.05) is 0 Å². The first-order valence-corrected chi connectivity index (χ1v) is 9.38. The molecule has 23 heavy (non-hydrogen) atoms. The lowest BCUT2D eigenvalue weighted by Gasteiger charge is -2.28. The molecule has 0 bridgehead atoms. The lowest BCUT2D eigenvalue weighted by Crippen LogP contribution is -2.20. The average Bonchev–Trinajstić information content (AvgIpc) is 2.81. The van der Waals surface area contributed by atoms with Gasteiger partial charge in [-0.3, -0.25) is 0 Å². The molecule has 0 nitrogen and oxygen atoms in total. The average molecular weight is 306 g/mol. The number of rotatable bonds is 7. The summed E-state index contributed by atoms with van der Waals surface area (Å²) in [5, 5.41) is 0. The molecule has 0 radical (unpaired) electrons. The maximum Gasteiger partial charge on any atom is 0.0187 e. The predicted octanol–water partition coefficient (Wildman–Crippen LogP) is 7.03. The van der Waals surface area contributed by atoms with Gasteiger partial charge in [0.2, 0.25) is 0 Å². The molecule has 0 amide bonds. The molecule has 0 aromatic heterocycles. The van der Waals surface area contributed by atoms with E-state index in [1.807, 2.05) is 0 Å². The topological polar surface area (TPSA) is 0 Å². The molecule has 0 aliphatic heterocycles. The van der Waals surface area contributed by atoms with Crippen molar-refractivity contribution in [2.45, 2.75) is 71.1 Å². The fourth-order valence-electron chi connectivity index (χ4n) is 4.22. The Morgan fingerprint density at radius 1 is 0.783 bits per heavy atom. The second-order valence-electron chi connectivity index (χ2n) is 7.44. The summed E-state index contributed by atoms with van der Waals surface area (Å²) in [5.74, 6) is 0. The third-order valence-electron chi connectivity index (χ3n) is 5.61. The zero-order chi connectivity index (χ0) is 16.3. The number of hydrogen-bond donors (Lipinski definition) is 0. The summed E-state index contributed by atoms with van der Waals surface area (Å²) in [7, 11) is 0. The maximum atomic E-state index is 2.46. The molecule has 3 rings (SSSR count). The Balaban J connectivity index is 1.81. The normalized spacial score (nSPS) is 18.7. The Morgan fingerprint density at radius 3 is 2.30 bits per heavy atom. The van der Waals surface area contributed by atoms with Crippen LogP contribution in [0.3, 0.4) is 0 Å². The second kappa shape index (κ2) is 6.91. The van der Waals surface area contributed by atoms with Gasteiger partial charge in [0.15, 0.2) is 0 Å². The van der Waals surface area contributed by atoms with E-state index in [2.05, 4.69) is 63.2 Å². The highest BCUT2D eigenvalue weighted by molar-refractivity contribution is 5.81. The summed E-state index contributed by atoms with van der Waals surface area (Å²) >= 11 is 0. The summed E-state index contributed by atoms with van der Waals surface area (Å²) in [4.78, 5) is 0. The van der Waals surface area contributed by atoms with Crippen LogP contribution in [0, 0.1) is 6.92 Å². The lowest BCUT2D eigenvalue weighted by atomic mass is 9.75. The minimum Gasteiger partial charge on any atom is -0.0654 e. The van der Waals surface area contributed by atoms with Gasteiger partial charge >= 0.3 is 0 Å². The molecule has 0 saturated carbocycles. The molecule has 0 saturated heterocycles. The van der Waals surface area contributed by atoms with Crippen LogP contribution in [0.25, 0.3) is 11.1 Å². The van der Waals surface area contributed by atoms with Gasteiger partial charge in [0.05, 0.1) is 0 Å². The van der Waals surface area contributed by atoms with E-state index >= 15 is 0 Å². The minimum atomic E-state index is 0.197. The third-order valence-corrected chi connectivity index (χ3v) is 5.61. The fraction of sp³-hybridized carbons (Fsp3) is 0.478. The molecule has 0 heteroatoms. The standard InChI is InChI=1S/C23H30/c1-4-5-6-7-8-11-16-23(3)21-13-10-9-12-19(21)20-15-14-18(2)17-22(20)23/h9-10,12-15,17H,4-8,11,16H2,1-3H3. The van der Waals surface area contributed by atoms with Gasteiger partial charge in [-0.1, -0.05) is 100 Å². The molecule has 0 N–H and O–H groups in total. The molecular weight excluding hydrogens is 276 g/mol. The molecule has 1 aliphatic rings. The Labute approximate surface area is 141 Å². The lowest BCUT2D eigenvalue weighted by molar-refractivity contribution is 0.480. The Hall–Kier alpha value is -1.56. The smallest absolute Gasteiger partial charge is 0.0187 e. The summed E-state index contributed by atoms with van der Waals surface area (Å²) < 4.78 is 0.